The summed E-state index contributed by atoms with van der Waals surface area (Å²) in [4.78, 5) is 5.54. The second-order valence-corrected chi connectivity index (χ2v) is 6.60. The summed E-state index contributed by atoms with van der Waals surface area (Å²) < 4.78 is 1.74. The molecule has 2 aromatic rings. The van der Waals surface area contributed by atoms with Gasteiger partial charge in [-0.25, -0.2) is 4.98 Å². The van der Waals surface area contributed by atoms with Gasteiger partial charge in [0.25, 0.3) is 0 Å². The Morgan fingerprint density at radius 2 is 2.44 bits per heavy atom. The Labute approximate surface area is 116 Å². The van der Waals surface area contributed by atoms with Crippen LogP contribution in [0.3, 0.4) is 0 Å². The highest BCUT2D eigenvalue weighted by molar-refractivity contribution is 9.10. The fraction of sp³-hybridized carbons (Fsp3) is 0.300. The summed E-state index contributed by atoms with van der Waals surface area (Å²) in [5.74, 6) is 0. The van der Waals surface area contributed by atoms with Gasteiger partial charge in [-0.15, -0.1) is 22.7 Å². The average molecular weight is 338 g/mol. The van der Waals surface area contributed by atoms with Crippen LogP contribution in [0.2, 0.25) is 4.34 Å². The molecule has 2 rings (SSSR count). The van der Waals surface area contributed by atoms with Crippen molar-refractivity contribution in [1.29, 1.82) is 0 Å². The Balaban J connectivity index is 2.32. The average Bonchev–Trinajstić information content (AvgIpc) is 2.86. The zero-order valence-corrected chi connectivity index (χ0v) is 12.5. The van der Waals surface area contributed by atoms with Gasteiger partial charge in [-0.05, 0) is 28.5 Å². The standard InChI is InChI=1S/C10H10BrClN2S2/c1-2-13-8(10-14-3-4-15-10)7-5-6(11)9(12)16-7/h3-5,8,13H,2H2,1H3. The summed E-state index contributed by atoms with van der Waals surface area (Å²) in [6, 6.07) is 2.21. The maximum Gasteiger partial charge on any atom is 0.115 e. The Kier molecular flexibility index (Phi) is 4.38. The van der Waals surface area contributed by atoms with E-state index in [1.54, 1.807) is 22.7 Å². The van der Waals surface area contributed by atoms with Crippen molar-refractivity contribution in [3.05, 3.63) is 36.3 Å². The molecule has 6 heteroatoms. The molecule has 0 spiro atoms. The first-order chi connectivity index (χ1) is 7.72. The molecule has 0 aromatic carbocycles. The molecule has 0 fully saturated rings. The number of nitrogens with zero attached hydrogens (tertiary/aromatic N) is 1. The van der Waals surface area contributed by atoms with Crippen molar-refractivity contribution in [2.45, 2.75) is 13.0 Å². The third kappa shape index (κ3) is 2.65. The maximum absolute atomic E-state index is 6.06. The van der Waals surface area contributed by atoms with E-state index in [4.69, 9.17) is 11.6 Å². The van der Waals surface area contributed by atoms with Gasteiger partial charge in [0.05, 0.1) is 6.04 Å². The molecule has 2 heterocycles. The molecule has 0 aliphatic heterocycles. The molecule has 0 bridgehead atoms. The zero-order chi connectivity index (χ0) is 11.5. The highest BCUT2D eigenvalue weighted by atomic mass is 79.9. The summed E-state index contributed by atoms with van der Waals surface area (Å²) in [6.07, 6.45) is 1.83. The first-order valence-corrected chi connectivity index (χ1v) is 7.66. The molecule has 86 valence electrons. The number of halogens is 2. The minimum absolute atomic E-state index is 0.152. The summed E-state index contributed by atoms with van der Waals surface area (Å²) in [7, 11) is 0. The van der Waals surface area contributed by atoms with E-state index in [1.807, 2.05) is 11.6 Å². The number of thiazole rings is 1. The van der Waals surface area contributed by atoms with E-state index in [0.29, 0.717) is 0 Å². The van der Waals surface area contributed by atoms with Gasteiger partial charge in [0.1, 0.15) is 9.34 Å². The van der Waals surface area contributed by atoms with Gasteiger partial charge in [0, 0.05) is 20.9 Å². The molecule has 2 nitrogen and oxygen atoms in total. The molecule has 0 amide bonds. The molecule has 1 unspecified atom stereocenters. The van der Waals surface area contributed by atoms with Crippen molar-refractivity contribution in [3.63, 3.8) is 0 Å². The van der Waals surface area contributed by atoms with Crippen LogP contribution in [-0.2, 0) is 0 Å². The van der Waals surface area contributed by atoms with Crippen LogP contribution in [0.15, 0.2) is 22.1 Å². The van der Waals surface area contributed by atoms with E-state index < -0.39 is 0 Å². The summed E-state index contributed by atoms with van der Waals surface area (Å²) in [5, 5.41) is 6.49. The monoisotopic (exact) mass is 336 g/mol. The SMILES string of the molecule is CCNC(c1cc(Br)c(Cl)s1)c1nccs1. The molecule has 0 aliphatic rings. The van der Waals surface area contributed by atoms with Crippen LogP contribution in [0.4, 0.5) is 0 Å². The van der Waals surface area contributed by atoms with Crippen LogP contribution in [0.25, 0.3) is 0 Å². The molecule has 1 N–H and O–H groups in total. The van der Waals surface area contributed by atoms with Crippen molar-refractivity contribution in [2.75, 3.05) is 6.54 Å². The van der Waals surface area contributed by atoms with Gasteiger partial charge >= 0.3 is 0 Å². The maximum atomic E-state index is 6.06. The Morgan fingerprint density at radius 3 is 2.94 bits per heavy atom. The summed E-state index contributed by atoms with van der Waals surface area (Å²) in [5.41, 5.74) is 0. The molecule has 0 saturated carbocycles. The number of nitrogens with one attached hydrogen (secondary N) is 1. The second kappa shape index (κ2) is 5.60. The van der Waals surface area contributed by atoms with Crippen molar-refractivity contribution < 1.29 is 0 Å². The summed E-state index contributed by atoms with van der Waals surface area (Å²) >= 11 is 12.7. The second-order valence-electron chi connectivity index (χ2n) is 3.13. The van der Waals surface area contributed by atoms with E-state index in [-0.39, 0.29) is 6.04 Å². The number of hydrogen-bond donors (Lipinski definition) is 1. The van der Waals surface area contributed by atoms with Crippen LogP contribution in [0, 0.1) is 0 Å². The Morgan fingerprint density at radius 1 is 1.62 bits per heavy atom. The fourth-order valence-corrected chi connectivity index (χ4v) is 4.02. The van der Waals surface area contributed by atoms with E-state index >= 15 is 0 Å². The van der Waals surface area contributed by atoms with Crippen LogP contribution in [-0.4, -0.2) is 11.5 Å². The molecule has 1 atom stereocenters. The Bertz CT molecular complexity index is 436. The molecular formula is C10H10BrClN2S2. The van der Waals surface area contributed by atoms with Gasteiger partial charge in [-0.2, -0.15) is 0 Å². The molecule has 0 radical (unpaired) electrons. The first-order valence-electron chi connectivity index (χ1n) is 4.80. The van der Waals surface area contributed by atoms with Crippen LogP contribution < -0.4 is 5.32 Å². The van der Waals surface area contributed by atoms with Gasteiger partial charge < -0.3 is 5.32 Å². The van der Waals surface area contributed by atoms with Crippen molar-refractivity contribution in [3.8, 4) is 0 Å². The Hall–Kier alpha value is 0.0600. The van der Waals surface area contributed by atoms with E-state index in [0.717, 1.165) is 20.4 Å². The van der Waals surface area contributed by atoms with E-state index in [9.17, 15) is 0 Å². The minimum Gasteiger partial charge on any atom is -0.304 e. The quantitative estimate of drug-likeness (QED) is 0.898. The van der Waals surface area contributed by atoms with Gasteiger partial charge in [-0.1, -0.05) is 18.5 Å². The van der Waals surface area contributed by atoms with Gasteiger partial charge in [0.15, 0.2) is 0 Å². The molecular weight excluding hydrogens is 328 g/mol. The largest absolute Gasteiger partial charge is 0.304 e. The minimum atomic E-state index is 0.152. The molecule has 16 heavy (non-hydrogen) atoms. The lowest BCUT2D eigenvalue weighted by Gasteiger charge is -2.12. The lowest BCUT2D eigenvalue weighted by Crippen LogP contribution is -2.20. The lowest BCUT2D eigenvalue weighted by molar-refractivity contribution is 0.636. The predicted molar refractivity (Wildman–Crippen MR) is 74.7 cm³/mol. The van der Waals surface area contributed by atoms with Crippen LogP contribution in [0.5, 0.6) is 0 Å². The first kappa shape index (κ1) is 12.5. The van der Waals surface area contributed by atoms with Gasteiger partial charge in [0.2, 0.25) is 0 Å². The van der Waals surface area contributed by atoms with E-state index in [1.165, 1.54) is 4.88 Å². The number of thiophene rings is 1. The highest BCUT2D eigenvalue weighted by Crippen LogP contribution is 2.37. The molecule has 0 aliphatic carbocycles. The smallest absolute Gasteiger partial charge is 0.115 e. The molecule has 2 aromatic heterocycles. The van der Waals surface area contributed by atoms with Crippen molar-refractivity contribution in [2.24, 2.45) is 0 Å². The fourth-order valence-electron chi connectivity index (χ4n) is 1.40. The van der Waals surface area contributed by atoms with Crippen molar-refractivity contribution in [1.82, 2.24) is 10.3 Å². The normalized spacial score (nSPS) is 12.9. The van der Waals surface area contributed by atoms with E-state index in [2.05, 4.69) is 39.2 Å². The third-order valence-electron chi connectivity index (χ3n) is 2.06. The molecule has 0 saturated heterocycles. The van der Waals surface area contributed by atoms with Crippen LogP contribution in [0.1, 0.15) is 22.9 Å². The zero-order valence-electron chi connectivity index (χ0n) is 8.54. The van der Waals surface area contributed by atoms with Crippen LogP contribution >= 0.6 is 50.2 Å². The third-order valence-corrected chi connectivity index (χ3v) is 5.44. The van der Waals surface area contributed by atoms with Gasteiger partial charge in [-0.3, -0.25) is 0 Å². The predicted octanol–water partition coefficient (Wildman–Crippen LogP) is 4.32. The number of hydrogen-bond acceptors (Lipinski definition) is 4. The summed E-state index contributed by atoms with van der Waals surface area (Å²) in [6.45, 7) is 2.99. The number of aromatic nitrogens is 1. The highest BCUT2D eigenvalue weighted by Gasteiger charge is 2.19. The van der Waals surface area contributed by atoms with Crippen molar-refractivity contribution >= 4 is 50.2 Å². The lowest BCUT2D eigenvalue weighted by atomic mass is 10.2. The topological polar surface area (TPSA) is 24.9 Å². The number of rotatable bonds is 4.